The zero-order valence-corrected chi connectivity index (χ0v) is 21.0. The van der Waals surface area contributed by atoms with Gasteiger partial charge in [-0.1, -0.05) is 54.1 Å². The summed E-state index contributed by atoms with van der Waals surface area (Å²) in [6.45, 7) is 0.946. The van der Waals surface area contributed by atoms with E-state index in [1.54, 1.807) is 18.2 Å². The van der Waals surface area contributed by atoms with Crippen LogP contribution in [0.4, 0.5) is 4.39 Å². The number of nitrogens with zero attached hydrogens (tertiary/aromatic N) is 2. The van der Waals surface area contributed by atoms with E-state index < -0.39 is 11.8 Å². The first-order chi connectivity index (χ1) is 17.5. The second-order valence-electron chi connectivity index (χ2n) is 9.44. The van der Waals surface area contributed by atoms with E-state index in [1.807, 2.05) is 35.0 Å². The first-order valence-corrected chi connectivity index (χ1v) is 12.9. The molecule has 1 aromatic heterocycles. The van der Waals surface area contributed by atoms with Gasteiger partial charge in [0.25, 0.3) is 0 Å². The zero-order valence-electron chi connectivity index (χ0n) is 20.2. The highest BCUT2D eigenvalue weighted by Gasteiger charge is 2.27. The molecule has 2 aromatic carbocycles. The Morgan fingerprint density at radius 2 is 1.81 bits per heavy atom. The van der Waals surface area contributed by atoms with E-state index in [0.29, 0.717) is 49.1 Å². The van der Waals surface area contributed by atoms with Crippen LogP contribution in [-0.2, 0) is 22.5 Å². The van der Waals surface area contributed by atoms with Crippen LogP contribution < -0.4 is 0 Å². The molecule has 0 amide bonds. The molecule has 1 heterocycles. The number of rotatable bonds is 11. The fourth-order valence-electron chi connectivity index (χ4n) is 5.06. The van der Waals surface area contributed by atoms with Crippen LogP contribution >= 0.6 is 11.6 Å². The van der Waals surface area contributed by atoms with E-state index >= 15 is 4.39 Å². The van der Waals surface area contributed by atoms with Crippen LogP contribution in [0.2, 0.25) is 5.02 Å². The maximum absolute atomic E-state index is 15.3. The number of aromatic nitrogens is 2. The molecule has 1 saturated carbocycles. The van der Waals surface area contributed by atoms with Crippen molar-refractivity contribution in [3.05, 3.63) is 65.1 Å². The molecule has 8 heteroatoms. The van der Waals surface area contributed by atoms with Gasteiger partial charge in [-0.3, -0.25) is 4.68 Å². The lowest BCUT2D eigenvalue weighted by atomic mass is 9.82. The third kappa shape index (κ3) is 6.33. The number of aliphatic hydroxyl groups is 1. The Morgan fingerprint density at radius 3 is 2.50 bits per heavy atom. The predicted molar refractivity (Wildman–Crippen MR) is 137 cm³/mol. The number of aliphatic hydroxyl groups excluding tert-OH is 1. The van der Waals surface area contributed by atoms with Gasteiger partial charge in [-0.15, -0.1) is 0 Å². The van der Waals surface area contributed by atoms with Gasteiger partial charge in [0.15, 0.2) is 0 Å². The van der Waals surface area contributed by atoms with Crippen molar-refractivity contribution in [2.24, 2.45) is 11.8 Å². The second-order valence-corrected chi connectivity index (χ2v) is 9.85. The Hall–Kier alpha value is -2.74. The van der Waals surface area contributed by atoms with Gasteiger partial charge in [0.05, 0.1) is 11.6 Å². The van der Waals surface area contributed by atoms with E-state index in [4.69, 9.17) is 26.5 Å². The molecule has 2 N–H and O–H groups in total. The molecule has 0 aliphatic heterocycles. The van der Waals surface area contributed by atoms with Crippen LogP contribution in [-0.4, -0.2) is 45.8 Å². The molecule has 6 nitrogen and oxygen atoms in total. The Bertz CT molecular complexity index is 1160. The largest absolute Gasteiger partial charge is 0.480 e. The number of hydrogen-bond acceptors (Lipinski definition) is 4. The number of ether oxygens (including phenoxy) is 1. The number of hydrogen-bond donors (Lipinski definition) is 2. The third-order valence-electron chi connectivity index (χ3n) is 6.87. The van der Waals surface area contributed by atoms with Crippen molar-refractivity contribution in [3.8, 4) is 22.4 Å². The quantitative estimate of drug-likeness (QED) is 0.335. The van der Waals surface area contributed by atoms with Crippen molar-refractivity contribution in [1.82, 2.24) is 9.78 Å². The molecule has 0 radical (unpaired) electrons. The molecule has 0 spiro atoms. The molecule has 0 unspecified atom stereocenters. The summed E-state index contributed by atoms with van der Waals surface area (Å²) in [6.07, 6.45) is 5.03. The predicted octanol–water partition coefficient (Wildman–Crippen LogP) is 5.84. The Kier molecular flexibility index (Phi) is 9.13. The summed E-state index contributed by atoms with van der Waals surface area (Å²) in [7, 11) is 0. The van der Waals surface area contributed by atoms with Crippen LogP contribution in [0.5, 0.6) is 0 Å². The minimum absolute atomic E-state index is 0.0325. The van der Waals surface area contributed by atoms with Crippen LogP contribution in [0.3, 0.4) is 0 Å². The van der Waals surface area contributed by atoms with E-state index in [9.17, 15) is 9.90 Å². The van der Waals surface area contributed by atoms with Crippen LogP contribution in [0.15, 0.2) is 48.5 Å². The smallest absolute Gasteiger partial charge is 0.329 e. The summed E-state index contributed by atoms with van der Waals surface area (Å²) in [5.41, 5.74) is 3.65. The van der Waals surface area contributed by atoms with Gasteiger partial charge in [-0.25, -0.2) is 9.18 Å². The molecular formula is C28H32ClFN2O4. The Morgan fingerprint density at radius 1 is 1.08 bits per heavy atom. The molecule has 1 fully saturated rings. The van der Waals surface area contributed by atoms with Crippen LogP contribution in [0.1, 0.15) is 37.8 Å². The van der Waals surface area contributed by atoms with Crippen molar-refractivity contribution in [2.45, 2.75) is 45.1 Å². The van der Waals surface area contributed by atoms with Crippen molar-refractivity contribution < 1.29 is 24.1 Å². The first-order valence-electron chi connectivity index (χ1n) is 12.5. The minimum atomic E-state index is -0.945. The molecule has 0 atom stereocenters. The number of carbonyl (C=O) groups is 1. The molecule has 1 aliphatic carbocycles. The van der Waals surface area contributed by atoms with Crippen molar-refractivity contribution in [3.63, 3.8) is 0 Å². The van der Waals surface area contributed by atoms with Gasteiger partial charge in [-0.05, 0) is 56.4 Å². The molecule has 4 rings (SSSR count). The fourth-order valence-corrected chi connectivity index (χ4v) is 5.24. The standard InChI is InChI=1S/C28H32ClFN2O4/c29-23-9-4-8-22(27(23)30)26-24(10-5-15-33)32(31-28(26)21-6-2-1-3-7-21)16-19-11-13-20(14-12-19)17-36-18-25(34)35/h1-4,6-9,19-20,33H,5,10-18H2,(H,34,35)/t19-,20-. The summed E-state index contributed by atoms with van der Waals surface area (Å²) in [5, 5.41) is 23.4. The van der Waals surface area contributed by atoms with Gasteiger partial charge in [-0.2, -0.15) is 5.10 Å². The number of carboxylic acid groups (broad SMARTS) is 1. The molecule has 192 valence electrons. The van der Waals surface area contributed by atoms with E-state index in [0.717, 1.165) is 42.5 Å². The molecule has 36 heavy (non-hydrogen) atoms. The Labute approximate surface area is 215 Å². The summed E-state index contributed by atoms with van der Waals surface area (Å²) in [5.74, 6) is -0.654. The highest BCUT2D eigenvalue weighted by atomic mass is 35.5. The minimum Gasteiger partial charge on any atom is -0.480 e. The van der Waals surface area contributed by atoms with Crippen molar-refractivity contribution in [1.29, 1.82) is 0 Å². The normalized spacial score (nSPS) is 17.9. The van der Waals surface area contributed by atoms with Crippen LogP contribution in [0, 0.1) is 17.7 Å². The highest BCUT2D eigenvalue weighted by molar-refractivity contribution is 6.31. The maximum Gasteiger partial charge on any atom is 0.329 e. The lowest BCUT2D eigenvalue weighted by Gasteiger charge is -2.28. The van der Waals surface area contributed by atoms with E-state index in [2.05, 4.69) is 0 Å². The number of benzene rings is 2. The van der Waals surface area contributed by atoms with Crippen molar-refractivity contribution in [2.75, 3.05) is 19.8 Å². The molecule has 1 aliphatic rings. The fraction of sp³-hybridized carbons (Fsp3) is 0.429. The zero-order chi connectivity index (χ0) is 25.5. The summed E-state index contributed by atoms with van der Waals surface area (Å²) in [6, 6.07) is 14.8. The summed E-state index contributed by atoms with van der Waals surface area (Å²) >= 11 is 6.16. The Balaban J connectivity index is 1.64. The van der Waals surface area contributed by atoms with Gasteiger partial charge in [0, 0.05) is 35.5 Å². The highest BCUT2D eigenvalue weighted by Crippen LogP contribution is 2.39. The van der Waals surface area contributed by atoms with Crippen LogP contribution in [0.25, 0.3) is 22.4 Å². The first kappa shape index (κ1) is 26.3. The van der Waals surface area contributed by atoms with E-state index in [-0.39, 0.29) is 18.2 Å². The maximum atomic E-state index is 15.3. The molecule has 3 aromatic rings. The SMILES string of the molecule is O=C(O)COC[C@H]1CC[C@H](Cn2nc(-c3ccccc3)c(-c3cccc(Cl)c3F)c2CCCO)CC1. The number of carboxylic acids is 1. The summed E-state index contributed by atoms with van der Waals surface area (Å²) < 4.78 is 22.6. The lowest BCUT2D eigenvalue weighted by molar-refractivity contribution is -0.142. The molecule has 0 bridgehead atoms. The number of aliphatic carboxylic acids is 1. The molecule has 0 saturated heterocycles. The average molecular weight is 515 g/mol. The number of halogens is 2. The average Bonchev–Trinajstić information content (AvgIpc) is 3.23. The molecular weight excluding hydrogens is 483 g/mol. The summed E-state index contributed by atoms with van der Waals surface area (Å²) in [4.78, 5) is 10.7. The van der Waals surface area contributed by atoms with Gasteiger partial charge in [0.1, 0.15) is 18.1 Å². The van der Waals surface area contributed by atoms with E-state index in [1.165, 1.54) is 0 Å². The van der Waals surface area contributed by atoms with Gasteiger partial charge >= 0.3 is 5.97 Å². The van der Waals surface area contributed by atoms with Crippen molar-refractivity contribution >= 4 is 17.6 Å². The van der Waals surface area contributed by atoms with Gasteiger partial charge in [0.2, 0.25) is 0 Å². The monoisotopic (exact) mass is 514 g/mol. The third-order valence-corrected chi connectivity index (χ3v) is 7.17. The lowest BCUT2D eigenvalue weighted by Crippen LogP contribution is -2.24. The topological polar surface area (TPSA) is 84.6 Å². The van der Waals surface area contributed by atoms with Gasteiger partial charge < -0.3 is 14.9 Å². The second kappa shape index (κ2) is 12.5.